The van der Waals surface area contributed by atoms with Crippen molar-refractivity contribution >= 4 is 21.8 Å². The minimum atomic E-state index is -0.198. The van der Waals surface area contributed by atoms with Gasteiger partial charge in [-0.15, -0.1) is 0 Å². The van der Waals surface area contributed by atoms with Crippen LogP contribution in [-0.4, -0.2) is 31.6 Å². The van der Waals surface area contributed by atoms with Crippen LogP contribution in [0.4, 0.5) is 0 Å². The third-order valence-electron chi connectivity index (χ3n) is 2.36. The number of ether oxygens (including phenoxy) is 1. The molecular formula is C13H19BrN2O2. The first-order valence-electron chi connectivity index (χ1n) is 6.03. The smallest absolute Gasteiger partial charge is 0.236 e. The number of amides is 1. The van der Waals surface area contributed by atoms with E-state index in [1.165, 1.54) is 0 Å². The first-order valence-corrected chi connectivity index (χ1v) is 6.82. The van der Waals surface area contributed by atoms with Gasteiger partial charge in [-0.25, -0.2) is 0 Å². The molecule has 0 radical (unpaired) electrons. The minimum Gasteiger partial charge on any atom is -0.492 e. The molecule has 1 aromatic carbocycles. The predicted molar refractivity (Wildman–Crippen MR) is 75.8 cm³/mol. The topological polar surface area (TPSA) is 50.4 Å². The first kappa shape index (κ1) is 15.0. The van der Waals surface area contributed by atoms with Gasteiger partial charge in [0.1, 0.15) is 12.4 Å². The molecule has 4 nitrogen and oxygen atoms in total. The first-order chi connectivity index (χ1) is 8.63. The van der Waals surface area contributed by atoms with Gasteiger partial charge in [0.15, 0.2) is 0 Å². The third kappa shape index (κ3) is 5.51. The van der Waals surface area contributed by atoms with Gasteiger partial charge in [0.25, 0.3) is 0 Å². The number of hydrogen-bond donors (Lipinski definition) is 2. The summed E-state index contributed by atoms with van der Waals surface area (Å²) in [6.07, 6.45) is 0. The molecule has 0 heterocycles. The van der Waals surface area contributed by atoms with Crippen LogP contribution in [0.25, 0.3) is 0 Å². The molecule has 1 amide bonds. The fraction of sp³-hybridized carbons (Fsp3) is 0.462. The van der Waals surface area contributed by atoms with Gasteiger partial charge in [0.2, 0.25) is 5.91 Å². The molecular weight excluding hydrogens is 296 g/mol. The zero-order valence-corrected chi connectivity index (χ0v) is 12.3. The molecule has 0 fully saturated rings. The monoisotopic (exact) mass is 314 g/mol. The maximum atomic E-state index is 11.4. The molecule has 0 aliphatic heterocycles. The van der Waals surface area contributed by atoms with Crippen molar-refractivity contribution in [2.45, 2.75) is 19.9 Å². The molecule has 0 saturated carbocycles. The second-order valence-electron chi connectivity index (χ2n) is 3.88. The number of carbonyl (C=O) groups is 1. The van der Waals surface area contributed by atoms with E-state index in [0.29, 0.717) is 19.7 Å². The fourth-order valence-electron chi connectivity index (χ4n) is 1.42. The molecule has 2 N–H and O–H groups in total. The van der Waals surface area contributed by atoms with Crippen LogP contribution < -0.4 is 15.4 Å². The summed E-state index contributed by atoms with van der Waals surface area (Å²) in [5, 5.41) is 5.87. The SMILES string of the molecule is CCNC(=O)C(C)NCCOc1cccc(Br)c1. The average Bonchev–Trinajstić information content (AvgIpc) is 2.35. The summed E-state index contributed by atoms with van der Waals surface area (Å²) in [7, 11) is 0. The van der Waals surface area contributed by atoms with E-state index in [0.717, 1.165) is 10.2 Å². The molecule has 0 aliphatic carbocycles. The molecule has 18 heavy (non-hydrogen) atoms. The van der Waals surface area contributed by atoms with Crippen LogP contribution in [0.2, 0.25) is 0 Å². The maximum absolute atomic E-state index is 11.4. The van der Waals surface area contributed by atoms with Gasteiger partial charge in [-0.05, 0) is 32.0 Å². The van der Waals surface area contributed by atoms with Gasteiger partial charge in [-0.3, -0.25) is 4.79 Å². The number of likely N-dealkylation sites (N-methyl/N-ethyl adjacent to an activating group) is 1. The number of halogens is 1. The normalized spacial score (nSPS) is 11.9. The predicted octanol–water partition coefficient (Wildman–Crippen LogP) is 1.94. The largest absolute Gasteiger partial charge is 0.492 e. The Hall–Kier alpha value is -1.07. The lowest BCUT2D eigenvalue weighted by molar-refractivity contribution is -0.122. The van der Waals surface area contributed by atoms with Crippen LogP contribution in [0.3, 0.4) is 0 Å². The van der Waals surface area contributed by atoms with Gasteiger partial charge >= 0.3 is 0 Å². The molecule has 100 valence electrons. The van der Waals surface area contributed by atoms with Crippen LogP contribution in [0.1, 0.15) is 13.8 Å². The van der Waals surface area contributed by atoms with E-state index in [1.807, 2.05) is 38.1 Å². The molecule has 0 bridgehead atoms. The van der Waals surface area contributed by atoms with Crippen molar-refractivity contribution in [3.8, 4) is 5.75 Å². The van der Waals surface area contributed by atoms with Crippen molar-refractivity contribution in [3.05, 3.63) is 28.7 Å². The Morgan fingerprint density at radius 3 is 2.94 bits per heavy atom. The van der Waals surface area contributed by atoms with E-state index >= 15 is 0 Å². The summed E-state index contributed by atoms with van der Waals surface area (Å²) in [5.74, 6) is 0.830. The number of benzene rings is 1. The van der Waals surface area contributed by atoms with Gasteiger partial charge in [-0.2, -0.15) is 0 Å². The van der Waals surface area contributed by atoms with Gasteiger partial charge < -0.3 is 15.4 Å². The highest BCUT2D eigenvalue weighted by atomic mass is 79.9. The lowest BCUT2D eigenvalue weighted by Gasteiger charge is -2.13. The maximum Gasteiger partial charge on any atom is 0.236 e. The highest BCUT2D eigenvalue weighted by molar-refractivity contribution is 9.10. The summed E-state index contributed by atoms with van der Waals surface area (Å²) in [4.78, 5) is 11.4. The Bertz CT molecular complexity index is 385. The summed E-state index contributed by atoms with van der Waals surface area (Å²) >= 11 is 3.38. The Balaban J connectivity index is 2.20. The zero-order valence-electron chi connectivity index (χ0n) is 10.7. The lowest BCUT2D eigenvalue weighted by atomic mass is 10.3. The van der Waals surface area contributed by atoms with E-state index < -0.39 is 0 Å². The van der Waals surface area contributed by atoms with E-state index in [2.05, 4.69) is 26.6 Å². The number of carbonyl (C=O) groups excluding carboxylic acids is 1. The molecule has 5 heteroatoms. The molecule has 1 rings (SSSR count). The van der Waals surface area contributed by atoms with E-state index in [1.54, 1.807) is 0 Å². The molecule has 1 aromatic rings. The highest BCUT2D eigenvalue weighted by Gasteiger charge is 2.09. The minimum absolute atomic E-state index is 0.0138. The van der Waals surface area contributed by atoms with Crippen LogP contribution in [0.15, 0.2) is 28.7 Å². The molecule has 0 spiro atoms. The van der Waals surface area contributed by atoms with Gasteiger partial charge in [0, 0.05) is 17.6 Å². The van der Waals surface area contributed by atoms with Crippen molar-refractivity contribution < 1.29 is 9.53 Å². The Labute approximate surface area is 116 Å². The van der Waals surface area contributed by atoms with Crippen molar-refractivity contribution in [3.63, 3.8) is 0 Å². The quantitative estimate of drug-likeness (QED) is 0.756. The molecule has 1 unspecified atom stereocenters. The molecule has 1 atom stereocenters. The standard InChI is InChI=1S/C13H19BrN2O2/c1-3-15-13(17)10(2)16-7-8-18-12-6-4-5-11(14)9-12/h4-6,9-10,16H,3,7-8H2,1-2H3,(H,15,17). The van der Waals surface area contributed by atoms with Crippen molar-refractivity contribution in [1.82, 2.24) is 10.6 Å². The van der Waals surface area contributed by atoms with Crippen molar-refractivity contribution in [1.29, 1.82) is 0 Å². The third-order valence-corrected chi connectivity index (χ3v) is 2.85. The van der Waals surface area contributed by atoms with Crippen LogP contribution in [0.5, 0.6) is 5.75 Å². The van der Waals surface area contributed by atoms with Gasteiger partial charge in [-0.1, -0.05) is 22.0 Å². The Kier molecular flexibility index (Phi) is 6.75. The second-order valence-corrected chi connectivity index (χ2v) is 4.79. The van der Waals surface area contributed by atoms with E-state index in [4.69, 9.17) is 4.74 Å². The Morgan fingerprint density at radius 2 is 2.28 bits per heavy atom. The number of rotatable bonds is 7. The number of hydrogen-bond acceptors (Lipinski definition) is 3. The average molecular weight is 315 g/mol. The van der Waals surface area contributed by atoms with Crippen LogP contribution in [-0.2, 0) is 4.79 Å². The molecule has 0 aromatic heterocycles. The van der Waals surface area contributed by atoms with Crippen molar-refractivity contribution in [2.75, 3.05) is 19.7 Å². The summed E-state index contributed by atoms with van der Waals surface area (Å²) in [5.41, 5.74) is 0. The van der Waals surface area contributed by atoms with Gasteiger partial charge in [0.05, 0.1) is 6.04 Å². The molecule has 0 saturated heterocycles. The molecule has 0 aliphatic rings. The van der Waals surface area contributed by atoms with E-state index in [9.17, 15) is 4.79 Å². The zero-order chi connectivity index (χ0) is 13.4. The van der Waals surface area contributed by atoms with Crippen LogP contribution >= 0.6 is 15.9 Å². The summed E-state index contributed by atoms with van der Waals surface area (Å²) in [6, 6.07) is 7.48. The Morgan fingerprint density at radius 1 is 1.50 bits per heavy atom. The second kappa shape index (κ2) is 8.11. The van der Waals surface area contributed by atoms with Crippen LogP contribution in [0, 0.1) is 0 Å². The van der Waals surface area contributed by atoms with Crippen molar-refractivity contribution in [2.24, 2.45) is 0 Å². The summed E-state index contributed by atoms with van der Waals surface area (Å²) in [6.45, 7) is 5.55. The lowest BCUT2D eigenvalue weighted by Crippen LogP contribution is -2.43. The number of nitrogens with one attached hydrogen (secondary N) is 2. The fourth-order valence-corrected chi connectivity index (χ4v) is 1.80. The summed E-state index contributed by atoms with van der Waals surface area (Å²) < 4.78 is 6.54. The van der Waals surface area contributed by atoms with E-state index in [-0.39, 0.29) is 11.9 Å². The highest BCUT2D eigenvalue weighted by Crippen LogP contribution is 2.17.